The van der Waals surface area contributed by atoms with Crippen LogP contribution in [0.5, 0.6) is 0 Å². The lowest BCUT2D eigenvalue weighted by atomic mass is 10.5. The zero-order valence-corrected chi connectivity index (χ0v) is 4.94. The number of guanidine groups is 1. The van der Waals surface area contributed by atoms with Gasteiger partial charge in [-0.1, -0.05) is 6.92 Å². The van der Waals surface area contributed by atoms with E-state index in [1.165, 1.54) is 0 Å². The van der Waals surface area contributed by atoms with Gasteiger partial charge in [-0.25, -0.2) is 0 Å². The second kappa shape index (κ2) is 4.39. The van der Waals surface area contributed by atoms with Gasteiger partial charge in [-0.3, -0.25) is 10.8 Å². The molecule has 0 saturated carbocycles. The van der Waals surface area contributed by atoms with E-state index in [0.717, 1.165) is 6.42 Å². The number of nitrogens with zero attached hydrogens (tertiary/aromatic N) is 1. The maximum absolute atomic E-state index is 6.65. The normalized spacial score (nSPS) is 8.62. The molecule has 0 aromatic rings. The van der Waals surface area contributed by atoms with E-state index in [1.54, 1.807) is 0 Å². The lowest BCUT2D eigenvalue weighted by Crippen LogP contribution is -2.36. The van der Waals surface area contributed by atoms with Crippen LogP contribution in [0.1, 0.15) is 13.3 Å². The molecule has 0 aliphatic heterocycles. The lowest BCUT2D eigenvalue weighted by molar-refractivity contribution is 0.620. The van der Waals surface area contributed by atoms with Crippen LogP contribution in [0.4, 0.5) is 0 Å². The number of hydrogen-bond acceptors (Lipinski definition) is 1. The van der Waals surface area contributed by atoms with Crippen molar-refractivity contribution in [1.82, 2.24) is 10.9 Å². The van der Waals surface area contributed by atoms with Crippen LogP contribution in [0.25, 0.3) is 0 Å². The van der Waals surface area contributed by atoms with Crippen molar-refractivity contribution in [2.75, 3.05) is 6.54 Å². The fraction of sp³-hybridized carbons (Fsp3) is 0.750. The second-order valence-electron chi connectivity index (χ2n) is 1.41. The van der Waals surface area contributed by atoms with Crippen molar-refractivity contribution in [3.05, 3.63) is 0 Å². The first-order chi connectivity index (χ1) is 3.77. The topological polar surface area (TPSA) is 76.0 Å². The van der Waals surface area contributed by atoms with Gasteiger partial charge in [0.1, 0.15) is 0 Å². The highest BCUT2D eigenvalue weighted by Crippen LogP contribution is 1.66. The van der Waals surface area contributed by atoms with Crippen molar-refractivity contribution >= 4 is 5.96 Å². The van der Waals surface area contributed by atoms with Gasteiger partial charge in [-0.05, 0) is 6.42 Å². The third-order valence-electron chi connectivity index (χ3n) is 0.535. The molecule has 0 aliphatic rings. The van der Waals surface area contributed by atoms with Crippen LogP contribution in [0.2, 0.25) is 0 Å². The molecule has 1 radical (unpaired) electrons. The van der Waals surface area contributed by atoms with Crippen molar-refractivity contribution in [3.63, 3.8) is 0 Å². The molecule has 4 nitrogen and oxygen atoms in total. The molecule has 0 rings (SSSR count). The Morgan fingerprint density at radius 2 is 2.50 bits per heavy atom. The van der Waals surface area contributed by atoms with Gasteiger partial charge in [0.2, 0.25) is 5.96 Å². The first-order valence-corrected chi connectivity index (χ1v) is 2.54. The van der Waals surface area contributed by atoms with Gasteiger partial charge >= 0.3 is 0 Å². The summed E-state index contributed by atoms with van der Waals surface area (Å²) in [5, 5.41) is 6.65. The maximum atomic E-state index is 6.65. The summed E-state index contributed by atoms with van der Waals surface area (Å²) < 4.78 is 0. The van der Waals surface area contributed by atoms with Gasteiger partial charge < -0.3 is 5.73 Å². The Labute approximate surface area is 48.9 Å². The quantitative estimate of drug-likeness (QED) is 0.199. The molecule has 0 aromatic carbocycles. The number of rotatable bonds is 3. The summed E-state index contributed by atoms with van der Waals surface area (Å²) in [6.45, 7) is 2.71. The van der Waals surface area contributed by atoms with E-state index in [2.05, 4.69) is 10.9 Å². The van der Waals surface area contributed by atoms with Crippen LogP contribution in [0, 0.1) is 5.41 Å². The van der Waals surface area contributed by atoms with E-state index in [-0.39, 0.29) is 5.96 Å². The van der Waals surface area contributed by atoms with E-state index in [9.17, 15) is 0 Å². The number of hydrogen-bond donors (Lipinski definition) is 3. The predicted molar refractivity (Wildman–Crippen MR) is 32.3 cm³/mol. The molecular weight excluding hydrogens is 104 g/mol. The molecule has 0 unspecified atom stereocenters. The fourth-order valence-corrected chi connectivity index (χ4v) is 0.253. The molecule has 0 fully saturated rings. The van der Waals surface area contributed by atoms with Crippen LogP contribution in [0.3, 0.4) is 0 Å². The SMILES string of the molecule is CCC[N]NC(=N)N. The Morgan fingerprint density at radius 1 is 1.88 bits per heavy atom. The summed E-state index contributed by atoms with van der Waals surface area (Å²) in [6, 6.07) is 0. The smallest absolute Gasteiger partial charge is 0.201 e. The Hall–Kier alpha value is -0.770. The second-order valence-corrected chi connectivity index (χ2v) is 1.41. The summed E-state index contributed by atoms with van der Waals surface area (Å²) >= 11 is 0. The summed E-state index contributed by atoms with van der Waals surface area (Å²) in [6.07, 6.45) is 0.972. The Kier molecular flexibility index (Phi) is 3.97. The van der Waals surface area contributed by atoms with Crippen molar-refractivity contribution in [2.24, 2.45) is 5.73 Å². The van der Waals surface area contributed by atoms with E-state index < -0.39 is 0 Å². The number of nitrogens with two attached hydrogens (primary N) is 1. The molecule has 0 aromatic heterocycles. The zero-order chi connectivity index (χ0) is 6.41. The minimum absolute atomic E-state index is 0.0987. The van der Waals surface area contributed by atoms with Crippen LogP contribution < -0.4 is 16.6 Å². The molecule has 0 heterocycles. The van der Waals surface area contributed by atoms with Crippen LogP contribution >= 0.6 is 0 Å². The van der Waals surface area contributed by atoms with Gasteiger partial charge in [0.25, 0.3) is 0 Å². The highest BCUT2D eigenvalue weighted by Gasteiger charge is 1.82. The molecule has 4 heteroatoms. The average molecular weight is 115 g/mol. The largest absolute Gasteiger partial charge is 0.369 e. The van der Waals surface area contributed by atoms with Crippen molar-refractivity contribution < 1.29 is 0 Å². The number of nitrogens with one attached hydrogen (secondary N) is 2. The Balaban J connectivity index is 2.82. The molecule has 0 saturated heterocycles. The van der Waals surface area contributed by atoms with Crippen LogP contribution in [0.15, 0.2) is 0 Å². The fourth-order valence-electron chi connectivity index (χ4n) is 0.253. The van der Waals surface area contributed by atoms with Crippen molar-refractivity contribution in [2.45, 2.75) is 13.3 Å². The van der Waals surface area contributed by atoms with E-state index in [0.29, 0.717) is 6.54 Å². The average Bonchev–Trinajstić information content (AvgIpc) is 1.66. The standard InChI is InChI=1S/C4H11N4/c1-2-3-7-8-4(5)6/h2-3H2,1H3,(H4,5,6,8). The minimum atomic E-state index is -0.0987. The minimum Gasteiger partial charge on any atom is -0.369 e. The van der Waals surface area contributed by atoms with Crippen LogP contribution in [-0.4, -0.2) is 12.5 Å². The van der Waals surface area contributed by atoms with Gasteiger partial charge in [-0.15, -0.1) is 5.43 Å². The highest BCUT2D eigenvalue weighted by atomic mass is 15.4. The van der Waals surface area contributed by atoms with Gasteiger partial charge in [-0.2, -0.15) is 0 Å². The molecule has 0 amide bonds. The van der Waals surface area contributed by atoms with Crippen molar-refractivity contribution in [3.8, 4) is 0 Å². The van der Waals surface area contributed by atoms with Crippen molar-refractivity contribution in [1.29, 1.82) is 5.41 Å². The molecule has 8 heavy (non-hydrogen) atoms. The molecule has 4 N–H and O–H groups in total. The van der Waals surface area contributed by atoms with E-state index in [4.69, 9.17) is 11.1 Å². The summed E-state index contributed by atoms with van der Waals surface area (Å²) in [5.41, 5.74) is 10.9. The summed E-state index contributed by atoms with van der Waals surface area (Å²) in [5.74, 6) is -0.0987. The van der Waals surface area contributed by atoms with Gasteiger partial charge in [0, 0.05) is 6.54 Å². The molecule has 47 valence electrons. The highest BCUT2D eigenvalue weighted by molar-refractivity contribution is 5.73. The lowest BCUT2D eigenvalue weighted by Gasteiger charge is -1.98. The molecule has 0 aliphatic carbocycles. The molecule has 0 atom stereocenters. The van der Waals surface area contributed by atoms with Gasteiger partial charge in [0.15, 0.2) is 0 Å². The van der Waals surface area contributed by atoms with Gasteiger partial charge in [0.05, 0.1) is 0 Å². The summed E-state index contributed by atoms with van der Waals surface area (Å²) in [7, 11) is 0. The third-order valence-corrected chi connectivity index (χ3v) is 0.535. The summed E-state index contributed by atoms with van der Waals surface area (Å²) in [4.78, 5) is 0. The van der Waals surface area contributed by atoms with Crippen LogP contribution in [-0.2, 0) is 0 Å². The monoisotopic (exact) mass is 115 g/mol. The third kappa shape index (κ3) is 5.23. The van der Waals surface area contributed by atoms with E-state index in [1.807, 2.05) is 6.92 Å². The first-order valence-electron chi connectivity index (χ1n) is 2.54. The molecule has 0 bridgehead atoms. The zero-order valence-electron chi connectivity index (χ0n) is 4.94. The predicted octanol–water partition coefficient (Wildman–Crippen LogP) is -0.601. The Bertz CT molecular complexity index is 70.4. The van der Waals surface area contributed by atoms with E-state index >= 15 is 0 Å². The maximum Gasteiger partial charge on any atom is 0.201 e. The first kappa shape index (κ1) is 7.23. The molecular formula is C4H11N4. The Morgan fingerprint density at radius 3 is 2.88 bits per heavy atom. The molecule has 0 spiro atoms.